The highest BCUT2D eigenvalue weighted by Crippen LogP contribution is 2.42. The lowest BCUT2D eigenvalue weighted by Crippen LogP contribution is -2.40. The molecule has 1 amide bonds. The molecule has 216 valence electrons. The summed E-state index contributed by atoms with van der Waals surface area (Å²) in [6, 6.07) is 13.3. The van der Waals surface area contributed by atoms with E-state index in [1.807, 2.05) is 18.2 Å². The summed E-state index contributed by atoms with van der Waals surface area (Å²) in [5, 5.41) is 19.8. The van der Waals surface area contributed by atoms with E-state index in [2.05, 4.69) is 4.98 Å². The van der Waals surface area contributed by atoms with E-state index in [1.165, 1.54) is 35.8 Å². The third kappa shape index (κ3) is 5.54. The predicted molar refractivity (Wildman–Crippen MR) is 156 cm³/mol. The summed E-state index contributed by atoms with van der Waals surface area (Å²) in [6.07, 6.45) is 11.4. The van der Waals surface area contributed by atoms with Crippen molar-refractivity contribution >= 4 is 34.8 Å². The van der Waals surface area contributed by atoms with Gasteiger partial charge in [-0.25, -0.2) is 9.59 Å². The molecule has 2 atom stereocenters. The Kier molecular flexibility index (Phi) is 7.56. The Morgan fingerprint density at radius 2 is 1.79 bits per heavy atom. The van der Waals surface area contributed by atoms with Crippen molar-refractivity contribution in [3.63, 3.8) is 0 Å². The van der Waals surface area contributed by atoms with E-state index in [-0.39, 0.29) is 18.9 Å². The highest BCUT2D eigenvalue weighted by atomic mass is 16.5. The van der Waals surface area contributed by atoms with Crippen LogP contribution in [-0.4, -0.2) is 56.6 Å². The molecule has 2 aromatic carbocycles. The number of fused-ring (bicyclic) bond motifs is 1. The molecule has 9 heteroatoms. The monoisotopic (exact) mass is 568 g/mol. The van der Waals surface area contributed by atoms with Gasteiger partial charge in [0.1, 0.15) is 17.9 Å². The van der Waals surface area contributed by atoms with E-state index in [1.54, 1.807) is 42.9 Å². The number of hydrogen-bond acceptors (Lipinski definition) is 5. The van der Waals surface area contributed by atoms with E-state index in [0.717, 1.165) is 41.1 Å². The molecule has 2 aliphatic rings. The van der Waals surface area contributed by atoms with E-state index < -0.39 is 24.1 Å². The number of nitrogens with one attached hydrogen (secondary N) is 1. The molecule has 1 aliphatic heterocycles. The standard InChI is InChI=1S/C33H32N2O7/c36-29(37)13-8-20-6-10-24(11-7-20)42-25-17-28(33(39)40)35(18-25)32(38)22-9-12-26-27(16-22)34-31(23-14-15-41-19-23)30(26)21-4-2-1-3-5-21/h6-16,19,21,25,28,34H,1-5,17-18H2,(H,36,37)(H,39,40)/b13-8+. The lowest BCUT2D eigenvalue weighted by atomic mass is 9.82. The molecule has 0 spiro atoms. The lowest BCUT2D eigenvalue weighted by Gasteiger charge is -2.23. The molecule has 2 unspecified atom stereocenters. The Morgan fingerprint density at radius 1 is 1.00 bits per heavy atom. The highest BCUT2D eigenvalue weighted by molar-refractivity contribution is 6.01. The minimum atomic E-state index is -1.08. The number of ether oxygens (including phenoxy) is 1. The van der Waals surface area contributed by atoms with Gasteiger partial charge in [0.25, 0.3) is 5.91 Å². The van der Waals surface area contributed by atoms with Crippen molar-refractivity contribution in [2.24, 2.45) is 0 Å². The van der Waals surface area contributed by atoms with Crippen LogP contribution in [-0.2, 0) is 9.59 Å². The fourth-order valence-corrected chi connectivity index (χ4v) is 6.33. The van der Waals surface area contributed by atoms with Crippen LogP contribution in [0.15, 0.2) is 71.6 Å². The summed E-state index contributed by atoms with van der Waals surface area (Å²) >= 11 is 0. The molecule has 3 N–H and O–H groups in total. The topological polar surface area (TPSA) is 133 Å². The van der Waals surface area contributed by atoms with Gasteiger partial charge in [-0.1, -0.05) is 37.5 Å². The minimum absolute atomic E-state index is 0.132. The molecular weight excluding hydrogens is 536 g/mol. The number of aromatic amines is 1. The second-order valence-electron chi connectivity index (χ2n) is 11.0. The fourth-order valence-electron chi connectivity index (χ4n) is 6.33. The van der Waals surface area contributed by atoms with Crippen LogP contribution in [0.2, 0.25) is 0 Å². The summed E-state index contributed by atoms with van der Waals surface area (Å²) in [6.45, 7) is 0.132. The number of likely N-dealkylation sites (tertiary alicyclic amines) is 1. The number of nitrogens with zero attached hydrogens (tertiary/aromatic N) is 1. The van der Waals surface area contributed by atoms with Crippen molar-refractivity contribution in [3.8, 4) is 17.0 Å². The Hall–Kier alpha value is -4.79. The first kappa shape index (κ1) is 27.4. The normalized spacial score (nSPS) is 19.5. The van der Waals surface area contributed by atoms with Crippen LogP contribution in [0.4, 0.5) is 0 Å². The third-order valence-corrected chi connectivity index (χ3v) is 8.32. The zero-order valence-corrected chi connectivity index (χ0v) is 23.0. The molecule has 1 saturated heterocycles. The smallest absolute Gasteiger partial charge is 0.328 e. The van der Waals surface area contributed by atoms with Crippen LogP contribution in [0.25, 0.3) is 28.2 Å². The van der Waals surface area contributed by atoms with Crippen LogP contribution in [0.5, 0.6) is 5.75 Å². The molecule has 2 aromatic heterocycles. The first-order valence-corrected chi connectivity index (χ1v) is 14.3. The number of aromatic nitrogens is 1. The lowest BCUT2D eigenvalue weighted by molar-refractivity contribution is -0.141. The molecule has 9 nitrogen and oxygen atoms in total. The number of aliphatic carboxylic acids is 2. The molecule has 4 aromatic rings. The average molecular weight is 569 g/mol. The summed E-state index contributed by atoms with van der Waals surface area (Å²) in [5.41, 5.74) is 5.19. The molecule has 3 heterocycles. The molecule has 42 heavy (non-hydrogen) atoms. The largest absolute Gasteiger partial charge is 0.488 e. The first-order valence-electron chi connectivity index (χ1n) is 14.3. The molecule has 1 aliphatic carbocycles. The fraction of sp³-hybridized carbons (Fsp3) is 0.303. The number of carboxylic acid groups (broad SMARTS) is 2. The zero-order valence-electron chi connectivity index (χ0n) is 23.0. The van der Waals surface area contributed by atoms with Crippen LogP contribution < -0.4 is 4.74 Å². The number of H-pyrrole nitrogens is 1. The predicted octanol–water partition coefficient (Wildman–Crippen LogP) is 6.32. The first-order chi connectivity index (χ1) is 20.4. The molecule has 0 bridgehead atoms. The Bertz CT molecular complexity index is 1630. The van der Waals surface area contributed by atoms with Crippen LogP contribution in [0, 0.1) is 0 Å². The Morgan fingerprint density at radius 3 is 2.48 bits per heavy atom. The van der Waals surface area contributed by atoms with Gasteiger partial charge in [0, 0.05) is 34.5 Å². The van der Waals surface area contributed by atoms with Crippen LogP contribution in [0.1, 0.15) is 65.9 Å². The van der Waals surface area contributed by atoms with Crippen molar-refractivity contribution in [2.75, 3.05) is 6.54 Å². The van der Waals surface area contributed by atoms with Crippen LogP contribution >= 0.6 is 0 Å². The second-order valence-corrected chi connectivity index (χ2v) is 11.0. The maximum Gasteiger partial charge on any atom is 0.328 e. The van der Waals surface area contributed by atoms with Gasteiger partial charge >= 0.3 is 11.9 Å². The Labute approximate surface area is 242 Å². The minimum Gasteiger partial charge on any atom is -0.488 e. The second kappa shape index (κ2) is 11.6. The number of rotatable bonds is 8. The number of benzene rings is 2. The average Bonchev–Trinajstić information content (AvgIpc) is 3.75. The van der Waals surface area contributed by atoms with E-state index in [9.17, 15) is 19.5 Å². The van der Waals surface area contributed by atoms with Gasteiger partial charge in [-0.3, -0.25) is 4.79 Å². The van der Waals surface area contributed by atoms with Crippen molar-refractivity contribution in [2.45, 2.75) is 56.6 Å². The number of hydrogen-bond donors (Lipinski definition) is 3. The van der Waals surface area contributed by atoms with E-state index in [4.69, 9.17) is 14.3 Å². The highest BCUT2D eigenvalue weighted by Gasteiger charge is 2.41. The van der Waals surface area contributed by atoms with E-state index in [0.29, 0.717) is 22.8 Å². The van der Waals surface area contributed by atoms with Crippen molar-refractivity contribution in [3.05, 3.63) is 83.8 Å². The zero-order chi connectivity index (χ0) is 29.2. The number of amides is 1. The quantitative estimate of drug-likeness (QED) is 0.212. The number of furan rings is 1. The summed E-state index contributed by atoms with van der Waals surface area (Å²) < 4.78 is 11.4. The Balaban J connectivity index is 1.24. The van der Waals surface area contributed by atoms with Crippen molar-refractivity contribution in [1.82, 2.24) is 9.88 Å². The number of carbonyl (C=O) groups excluding carboxylic acids is 1. The van der Waals surface area contributed by atoms with Gasteiger partial charge in [-0.15, -0.1) is 0 Å². The SMILES string of the molecule is O=C(O)/C=C/c1ccc(OC2CC(C(=O)O)N(C(=O)c3ccc4c(C5CCCCC5)c(-c5ccoc5)[nH]c4c3)C2)cc1. The van der Waals surface area contributed by atoms with Gasteiger partial charge in [0.05, 0.1) is 24.8 Å². The number of carboxylic acids is 2. The molecule has 0 radical (unpaired) electrons. The van der Waals surface area contributed by atoms with Crippen LogP contribution in [0.3, 0.4) is 0 Å². The number of carbonyl (C=O) groups is 3. The van der Waals surface area contributed by atoms with Gasteiger partial charge in [-0.2, -0.15) is 0 Å². The van der Waals surface area contributed by atoms with E-state index >= 15 is 0 Å². The summed E-state index contributed by atoms with van der Waals surface area (Å²) in [5.74, 6) is -1.53. The van der Waals surface area contributed by atoms with Crippen molar-refractivity contribution in [1.29, 1.82) is 0 Å². The molecule has 2 fully saturated rings. The van der Waals surface area contributed by atoms with Crippen molar-refractivity contribution < 1.29 is 33.8 Å². The molecular formula is C33H32N2O7. The van der Waals surface area contributed by atoms with Gasteiger partial charge < -0.3 is 29.3 Å². The summed E-state index contributed by atoms with van der Waals surface area (Å²) in [4.78, 5) is 41.5. The molecule has 1 saturated carbocycles. The van der Waals surface area contributed by atoms with Gasteiger partial charge in [-0.05, 0) is 66.3 Å². The van der Waals surface area contributed by atoms with Gasteiger partial charge in [0.2, 0.25) is 0 Å². The maximum absolute atomic E-state index is 13.7. The third-order valence-electron chi connectivity index (χ3n) is 8.32. The van der Waals surface area contributed by atoms with Gasteiger partial charge in [0.15, 0.2) is 0 Å². The molecule has 6 rings (SSSR count). The maximum atomic E-state index is 13.7. The summed E-state index contributed by atoms with van der Waals surface area (Å²) in [7, 11) is 0.